The molecule has 1 aliphatic heterocycles. The number of hydrogen-bond acceptors (Lipinski definition) is 3. The fraction of sp³-hybridized carbons (Fsp3) is 0.375. The Hall–Kier alpha value is -1.74. The van der Waals surface area contributed by atoms with Crippen molar-refractivity contribution in [1.82, 2.24) is 0 Å². The largest absolute Gasteiger partial charge is 0.344 e. The smallest absolute Gasteiger partial charge is 0.199 e. The minimum Gasteiger partial charge on any atom is -0.344 e. The van der Waals surface area contributed by atoms with Crippen LogP contribution in [0.2, 0.25) is 0 Å². The lowest BCUT2D eigenvalue weighted by Gasteiger charge is -2.40. The lowest BCUT2D eigenvalue weighted by Crippen LogP contribution is -2.56. The van der Waals surface area contributed by atoms with Crippen molar-refractivity contribution in [3.8, 4) is 0 Å². The van der Waals surface area contributed by atoms with Gasteiger partial charge in [-0.15, -0.1) is 0 Å². The Balaban J connectivity index is 1.84. The topological polar surface area (TPSA) is 46.7 Å². The molecule has 4 aliphatic carbocycles. The number of carbonyl (C=O) groups is 2. The summed E-state index contributed by atoms with van der Waals surface area (Å²) in [6, 6.07) is 7.13. The summed E-state index contributed by atoms with van der Waals surface area (Å²) in [5, 5.41) is 0. The van der Waals surface area contributed by atoms with Crippen LogP contribution >= 0.6 is 0 Å². The van der Waals surface area contributed by atoms with Crippen LogP contribution in [-0.4, -0.2) is 22.8 Å². The summed E-state index contributed by atoms with van der Waals surface area (Å²) in [7, 11) is 0. The number of fused-ring (bicyclic) bond motifs is 2. The molecular formula is C16H12O3. The lowest BCUT2D eigenvalue weighted by atomic mass is 9.56. The zero-order valence-corrected chi connectivity index (χ0v) is 10.3. The minimum atomic E-state index is -0.865. The maximum absolute atomic E-state index is 12.8. The first-order valence-corrected chi connectivity index (χ1v) is 6.79. The van der Waals surface area contributed by atoms with Crippen LogP contribution in [0.3, 0.4) is 0 Å². The van der Waals surface area contributed by atoms with Gasteiger partial charge in [0.1, 0.15) is 0 Å². The van der Waals surface area contributed by atoms with E-state index in [9.17, 15) is 9.59 Å². The van der Waals surface area contributed by atoms with E-state index in [0.717, 1.165) is 12.8 Å². The van der Waals surface area contributed by atoms with E-state index < -0.39 is 11.2 Å². The molecule has 0 N–H and O–H groups in total. The zero-order chi connectivity index (χ0) is 12.8. The number of ketones is 2. The maximum Gasteiger partial charge on any atom is 0.199 e. The standard InChI is InChI=1S/C16H12O3/c17-13-11-3-1-2-4-12(11)14(18)16-10-7-5-9(6-8-10)15(13,16)19-16/h1-5,7,9-10H,6,8H2/t9-,10-,15-,16-/m0/s1. The number of rotatable bonds is 0. The van der Waals surface area contributed by atoms with Gasteiger partial charge in [0.2, 0.25) is 0 Å². The third-order valence-electron chi connectivity index (χ3n) is 5.33. The maximum atomic E-state index is 12.8. The molecule has 4 atom stereocenters. The predicted octanol–water partition coefficient (Wildman–Crippen LogP) is 2.17. The first kappa shape index (κ1) is 10.1. The highest BCUT2D eigenvalue weighted by Crippen LogP contribution is 2.69. The molecule has 0 amide bonds. The van der Waals surface area contributed by atoms with Crippen molar-refractivity contribution in [2.24, 2.45) is 11.8 Å². The van der Waals surface area contributed by atoms with E-state index in [1.165, 1.54) is 0 Å². The summed E-state index contributed by atoms with van der Waals surface area (Å²) in [5.41, 5.74) is -0.644. The number of ether oxygens (including phenoxy) is 1. The Morgan fingerprint density at radius 2 is 1.37 bits per heavy atom. The van der Waals surface area contributed by atoms with Crippen LogP contribution < -0.4 is 0 Å². The molecule has 0 radical (unpaired) electrons. The Morgan fingerprint density at radius 1 is 0.895 bits per heavy atom. The van der Waals surface area contributed by atoms with Crippen molar-refractivity contribution >= 4 is 11.6 Å². The highest BCUT2D eigenvalue weighted by molar-refractivity contribution is 6.26. The second-order valence-electron chi connectivity index (χ2n) is 5.95. The van der Waals surface area contributed by atoms with Gasteiger partial charge in [0.15, 0.2) is 22.8 Å². The average molecular weight is 252 g/mol. The van der Waals surface area contributed by atoms with Crippen LogP contribution in [0.1, 0.15) is 33.6 Å². The second-order valence-corrected chi connectivity index (χ2v) is 5.95. The normalized spacial score (nSPS) is 44.6. The summed E-state index contributed by atoms with van der Waals surface area (Å²) in [6.07, 6.45) is 6.06. The van der Waals surface area contributed by atoms with Gasteiger partial charge in [-0.3, -0.25) is 9.59 Å². The second kappa shape index (κ2) is 2.73. The fourth-order valence-corrected chi connectivity index (χ4v) is 4.47. The summed E-state index contributed by atoms with van der Waals surface area (Å²) in [6.45, 7) is 0. The lowest BCUT2D eigenvalue weighted by molar-refractivity contribution is 0.0735. The van der Waals surface area contributed by atoms with E-state index in [2.05, 4.69) is 12.2 Å². The number of epoxide rings is 1. The fourth-order valence-electron chi connectivity index (χ4n) is 4.47. The Bertz CT molecular complexity index is 632. The van der Waals surface area contributed by atoms with Crippen molar-refractivity contribution in [3.05, 3.63) is 47.5 Å². The van der Waals surface area contributed by atoms with E-state index in [-0.39, 0.29) is 23.4 Å². The third kappa shape index (κ3) is 0.801. The first-order chi connectivity index (χ1) is 9.22. The van der Waals surface area contributed by atoms with Gasteiger partial charge >= 0.3 is 0 Å². The number of Topliss-reactive ketones (excluding diaryl/α,β-unsaturated/α-hetero) is 2. The molecule has 1 heterocycles. The van der Waals surface area contributed by atoms with Crippen molar-refractivity contribution in [3.63, 3.8) is 0 Å². The van der Waals surface area contributed by atoms with Crippen LogP contribution in [0.4, 0.5) is 0 Å². The Kier molecular flexibility index (Phi) is 1.45. The Morgan fingerprint density at radius 3 is 1.79 bits per heavy atom. The quantitative estimate of drug-likeness (QED) is 0.525. The first-order valence-electron chi connectivity index (χ1n) is 6.79. The summed E-state index contributed by atoms with van der Waals surface area (Å²) >= 11 is 0. The molecule has 0 spiro atoms. The predicted molar refractivity (Wildman–Crippen MR) is 67.0 cm³/mol. The molecule has 5 aliphatic rings. The highest BCUT2D eigenvalue weighted by atomic mass is 16.6. The molecule has 1 aromatic rings. The van der Waals surface area contributed by atoms with E-state index in [1.54, 1.807) is 12.1 Å². The van der Waals surface area contributed by atoms with Crippen LogP contribution in [-0.2, 0) is 4.74 Å². The van der Waals surface area contributed by atoms with Gasteiger partial charge in [0.05, 0.1) is 0 Å². The molecule has 2 bridgehead atoms. The SMILES string of the molecule is O=C1c2ccccc2C(=O)[C@]23O[C@@]12[C@H]1C=C[C@H]3CC1. The van der Waals surface area contributed by atoms with Crippen LogP contribution in [0.5, 0.6) is 0 Å². The van der Waals surface area contributed by atoms with Crippen LogP contribution in [0.15, 0.2) is 36.4 Å². The van der Waals surface area contributed by atoms with Crippen molar-refractivity contribution in [2.45, 2.75) is 24.0 Å². The van der Waals surface area contributed by atoms with Crippen LogP contribution in [0.25, 0.3) is 0 Å². The van der Waals surface area contributed by atoms with Crippen LogP contribution in [0, 0.1) is 11.8 Å². The van der Waals surface area contributed by atoms with E-state index in [0.29, 0.717) is 11.1 Å². The van der Waals surface area contributed by atoms with E-state index in [1.807, 2.05) is 12.1 Å². The number of carbonyl (C=O) groups excluding carboxylic acids is 2. The van der Waals surface area contributed by atoms with Crippen molar-refractivity contribution in [1.29, 1.82) is 0 Å². The molecule has 3 nitrogen and oxygen atoms in total. The summed E-state index contributed by atoms with van der Waals surface area (Å²) in [5.74, 6) is 0.174. The summed E-state index contributed by atoms with van der Waals surface area (Å²) in [4.78, 5) is 25.7. The van der Waals surface area contributed by atoms with Gasteiger partial charge < -0.3 is 4.74 Å². The third-order valence-corrected chi connectivity index (χ3v) is 5.33. The van der Waals surface area contributed by atoms with E-state index >= 15 is 0 Å². The van der Waals surface area contributed by atoms with Gasteiger partial charge in [-0.1, -0.05) is 36.4 Å². The number of benzene rings is 1. The molecule has 1 saturated heterocycles. The van der Waals surface area contributed by atoms with Gasteiger partial charge in [-0.05, 0) is 12.8 Å². The molecular weight excluding hydrogens is 240 g/mol. The van der Waals surface area contributed by atoms with Gasteiger partial charge in [-0.2, -0.15) is 0 Å². The molecule has 19 heavy (non-hydrogen) atoms. The molecule has 1 aromatic carbocycles. The minimum absolute atomic E-state index is 0.0155. The molecule has 6 rings (SSSR count). The average Bonchev–Trinajstić information content (AvgIpc) is 3.22. The van der Waals surface area contributed by atoms with Crippen molar-refractivity contribution < 1.29 is 14.3 Å². The number of hydrogen-bond donors (Lipinski definition) is 0. The molecule has 3 heteroatoms. The van der Waals surface area contributed by atoms with Crippen molar-refractivity contribution in [2.75, 3.05) is 0 Å². The molecule has 0 unspecified atom stereocenters. The molecule has 94 valence electrons. The zero-order valence-electron chi connectivity index (χ0n) is 10.3. The summed E-state index contributed by atoms with van der Waals surface area (Å²) < 4.78 is 5.95. The van der Waals surface area contributed by atoms with E-state index in [4.69, 9.17) is 4.74 Å². The van der Waals surface area contributed by atoms with Gasteiger partial charge in [0, 0.05) is 23.0 Å². The highest BCUT2D eigenvalue weighted by Gasteiger charge is 2.86. The monoisotopic (exact) mass is 252 g/mol. The molecule has 1 saturated carbocycles. The van der Waals surface area contributed by atoms with Gasteiger partial charge in [-0.25, -0.2) is 0 Å². The van der Waals surface area contributed by atoms with Gasteiger partial charge in [0.25, 0.3) is 0 Å². The Labute approximate surface area is 110 Å². The molecule has 2 fully saturated rings. The molecule has 0 aromatic heterocycles.